The number of hydrogen-bond acceptors (Lipinski definition) is 3. The third-order valence-electron chi connectivity index (χ3n) is 2.18. The Morgan fingerprint density at radius 2 is 1.71 bits per heavy atom. The van der Waals surface area contributed by atoms with Crippen molar-refractivity contribution in [2.45, 2.75) is 20.0 Å². The quantitative estimate of drug-likeness (QED) is 0.744. The molecule has 0 fully saturated rings. The lowest BCUT2D eigenvalue weighted by molar-refractivity contribution is 0.193. The fourth-order valence-electron chi connectivity index (χ4n) is 1.50. The summed E-state index contributed by atoms with van der Waals surface area (Å²) in [4.78, 5) is 8.74. The molecule has 0 aliphatic rings. The van der Waals surface area contributed by atoms with Crippen LogP contribution in [0.2, 0.25) is 0 Å². The first-order valence-electron chi connectivity index (χ1n) is 4.60. The molecule has 3 nitrogen and oxygen atoms in total. The van der Waals surface area contributed by atoms with Gasteiger partial charge in [0.25, 0.3) is 0 Å². The summed E-state index contributed by atoms with van der Waals surface area (Å²) in [6, 6.07) is 7.66. The third-order valence-corrected chi connectivity index (χ3v) is 2.18. The van der Waals surface area contributed by atoms with Crippen molar-refractivity contribution in [3.05, 3.63) is 35.7 Å². The van der Waals surface area contributed by atoms with E-state index in [1.807, 2.05) is 31.2 Å². The van der Waals surface area contributed by atoms with Gasteiger partial charge in [0.15, 0.2) is 0 Å². The van der Waals surface area contributed by atoms with Crippen molar-refractivity contribution < 1.29 is 5.11 Å². The van der Waals surface area contributed by atoms with E-state index >= 15 is 0 Å². The third kappa shape index (κ3) is 1.46. The molecular weight excluding hydrogens is 176 g/mol. The molecule has 0 radical (unpaired) electrons. The van der Waals surface area contributed by atoms with E-state index in [4.69, 9.17) is 0 Å². The second-order valence-corrected chi connectivity index (χ2v) is 3.36. The molecule has 2 rings (SSSR count). The maximum Gasteiger partial charge on any atom is 0.0950 e. The molecule has 0 aliphatic heterocycles. The minimum atomic E-state index is -0.563. The zero-order valence-electron chi connectivity index (χ0n) is 8.23. The molecule has 0 aliphatic carbocycles. The zero-order valence-corrected chi connectivity index (χ0v) is 8.23. The summed E-state index contributed by atoms with van der Waals surface area (Å²) in [7, 11) is 0. The number of aryl methyl sites for hydroxylation is 1. The van der Waals surface area contributed by atoms with E-state index in [0.29, 0.717) is 5.69 Å². The van der Waals surface area contributed by atoms with Crippen molar-refractivity contribution in [1.82, 2.24) is 9.97 Å². The highest BCUT2D eigenvalue weighted by Crippen LogP contribution is 2.17. The molecule has 1 unspecified atom stereocenters. The number of rotatable bonds is 1. The van der Waals surface area contributed by atoms with Crippen LogP contribution in [-0.4, -0.2) is 15.1 Å². The Labute approximate surface area is 82.4 Å². The standard InChI is InChI=1S/C11H12N2O/c1-7-11(8(2)14)13-10-6-4-3-5-9(10)12-7/h3-6,8,14H,1-2H3. The average molecular weight is 188 g/mol. The van der Waals surface area contributed by atoms with Crippen LogP contribution in [-0.2, 0) is 0 Å². The van der Waals surface area contributed by atoms with Gasteiger partial charge in [-0.2, -0.15) is 0 Å². The zero-order chi connectivity index (χ0) is 10.1. The molecule has 0 amide bonds. The van der Waals surface area contributed by atoms with E-state index in [9.17, 15) is 5.11 Å². The van der Waals surface area contributed by atoms with Crippen LogP contribution in [0, 0.1) is 6.92 Å². The fraction of sp³-hybridized carbons (Fsp3) is 0.273. The Hall–Kier alpha value is -1.48. The monoisotopic (exact) mass is 188 g/mol. The van der Waals surface area contributed by atoms with Gasteiger partial charge in [0.05, 0.1) is 28.5 Å². The van der Waals surface area contributed by atoms with Gasteiger partial charge in [0.1, 0.15) is 0 Å². The van der Waals surface area contributed by atoms with E-state index < -0.39 is 6.10 Å². The van der Waals surface area contributed by atoms with Crippen LogP contribution in [0.25, 0.3) is 11.0 Å². The second-order valence-electron chi connectivity index (χ2n) is 3.36. The van der Waals surface area contributed by atoms with Gasteiger partial charge in [-0.15, -0.1) is 0 Å². The Balaban J connectivity index is 2.71. The number of hydrogen-bond donors (Lipinski definition) is 1. The summed E-state index contributed by atoms with van der Waals surface area (Å²) >= 11 is 0. The minimum absolute atomic E-state index is 0.563. The van der Waals surface area contributed by atoms with Gasteiger partial charge in [-0.1, -0.05) is 12.1 Å². The number of benzene rings is 1. The molecule has 1 atom stereocenters. The molecule has 1 aromatic heterocycles. The fourth-order valence-corrected chi connectivity index (χ4v) is 1.50. The van der Waals surface area contributed by atoms with Crippen LogP contribution in [0.3, 0.4) is 0 Å². The molecule has 3 heteroatoms. The first kappa shape index (κ1) is 9.09. The lowest BCUT2D eigenvalue weighted by Crippen LogP contribution is -2.01. The predicted molar refractivity (Wildman–Crippen MR) is 54.9 cm³/mol. The maximum atomic E-state index is 9.46. The number of aromatic nitrogens is 2. The molecule has 14 heavy (non-hydrogen) atoms. The van der Waals surface area contributed by atoms with E-state index in [1.165, 1.54) is 0 Å². The highest BCUT2D eigenvalue weighted by molar-refractivity contribution is 5.74. The van der Waals surface area contributed by atoms with Crippen molar-refractivity contribution in [1.29, 1.82) is 0 Å². The lowest BCUT2D eigenvalue weighted by Gasteiger charge is -2.08. The Bertz CT molecular complexity index is 466. The number of para-hydroxylation sites is 2. The van der Waals surface area contributed by atoms with Crippen LogP contribution < -0.4 is 0 Å². The summed E-state index contributed by atoms with van der Waals surface area (Å²) in [6.45, 7) is 3.56. The highest BCUT2D eigenvalue weighted by Gasteiger charge is 2.08. The average Bonchev–Trinajstić information content (AvgIpc) is 2.16. The number of aliphatic hydroxyl groups is 1. The Morgan fingerprint density at radius 1 is 1.14 bits per heavy atom. The normalized spacial score (nSPS) is 13.1. The Kier molecular flexibility index (Phi) is 2.17. The maximum absolute atomic E-state index is 9.46. The molecule has 0 saturated heterocycles. The molecule has 2 aromatic rings. The number of aliphatic hydroxyl groups excluding tert-OH is 1. The van der Waals surface area contributed by atoms with Gasteiger partial charge in [-0.05, 0) is 26.0 Å². The van der Waals surface area contributed by atoms with Crippen molar-refractivity contribution in [2.75, 3.05) is 0 Å². The predicted octanol–water partition coefficient (Wildman–Crippen LogP) is 1.99. The summed E-state index contributed by atoms with van der Waals surface area (Å²) in [6.07, 6.45) is -0.563. The topological polar surface area (TPSA) is 46.0 Å². The molecule has 0 bridgehead atoms. The summed E-state index contributed by atoms with van der Waals surface area (Å²) in [5.74, 6) is 0. The Morgan fingerprint density at radius 3 is 2.29 bits per heavy atom. The van der Waals surface area contributed by atoms with Crippen molar-refractivity contribution in [3.63, 3.8) is 0 Å². The van der Waals surface area contributed by atoms with Crippen LogP contribution in [0.1, 0.15) is 24.4 Å². The van der Waals surface area contributed by atoms with Crippen molar-refractivity contribution in [2.24, 2.45) is 0 Å². The van der Waals surface area contributed by atoms with E-state index in [0.717, 1.165) is 16.7 Å². The molecule has 0 saturated carbocycles. The molecule has 1 aromatic carbocycles. The SMILES string of the molecule is Cc1nc2ccccc2nc1C(C)O. The van der Waals surface area contributed by atoms with Crippen LogP contribution >= 0.6 is 0 Å². The summed E-state index contributed by atoms with van der Waals surface area (Å²) in [5, 5.41) is 9.46. The van der Waals surface area contributed by atoms with Crippen LogP contribution in [0.15, 0.2) is 24.3 Å². The lowest BCUT2D eigenvalue weighted by atomic mass is 10.2. The van der Waals surface area contributed by atoms with Gasteiger partial charge in [0, 0.05) is 0 Å². The van der Waals surface area contributed by atoms with Crippen molar-refractivity contribution in [3.8, 4) is 0 Å². The molecule has 1 heterocycles. The summed E-state index contributed by atoms with van der Waals surface area (Å²) in [5.41, 5.74) is 3.14. The van der Waals surface area contributed by atoms with Gasteiger partial charge >= 0.3 is 0 Å². The second kappa shape index (κ2) is 3.35. The highest BCUT2D eigenvalue weighted by atomic mass is 16.3. The van der Waals surface area contributed by atoms with Gasteiger partial charge < -0.3 is 5.11 Å². The van der Waals surface area contributed by atoms with Crippen molar-refractivity contribution >= 4 is 11.0 Å². The van der Waals surface area contributed by atoms with Crippen LogP contribution in [0.4, 0.5) is 0 Å². The largest absolute Gasteiger partial charge is 0.387 e. The molecule has 0 spiro atoms. The molecule has 72 valence electrons. The van der Waals surface area contributed by atoms with E-state index in [2.05, 4.69) is 9.97 Å². The smallest absolute Gasteiger partial charge is 0.0950 e. The van der Waals surface area contributed by atoms with Gasteiger partial charge in [-0.25, -0.2) is 9.97 Å². The number of nitrogens with zero attached hydrogens (tertiary/aromatic N) is 2. The first-order chi connectivity index (χ1) is 6.68. The minimum Gasteiger partial charge on any atom is -0.387 e. The van der Waals surface area contributed by atoms with Gasteiger partial charge in [0.2, 0.25) is 0 Å². The van der Waals surface area contributed by atoms with E-state index in [1.54, 1.807) is 6.92 Å². The number of fused-ring (bicyclic) bond motifs is 1. The summed E-state index contributed by atoms with van der Waals surface area (Å²) < 4.78 is 0. The first-order valence-corrected chi connectivity index (χ1v) is 4.60. The van der Waals surface area contributed by atoms with Gasteiger partial charge in [-0.3, -0.25) is 0 Å². The molecule has 1 N–H and O–H groups in total. The van der Waals surface area contributed by atoms with E-state index in [-0.39, 0.29) is 0 Å². The molecular formula is C11H12N2O. The van der Waals surface area contributed by atoms with Crippen LogP contribution in [0.5, 0.6) is 0 Å².